The number of nitrogens with zero attached hydrogens (tertiary/aromatic N) is 3. The number of likely N-dealkylation sites (N-methyl/N-ethyl adjacent to an activating group) is 1. The topological polar surface area (TPSA) is 45.1 Å². The van der Waals surface area contributed by atoms with E-state index in [1.165, 1.54) is 11.1 Å². The number of hydrogen-bond acceptors (Lipinski definition) is 4. The lowest BCUT2D eigenvalue weighted by Gasteiger charge is -2.25. The highest BCUT2D eigenvalue weighted by Crippen LogP contribution is 2.34. The molecule has 0 unspecified atom stereocenters. The fourth-order valence-electron chi connectivity index (χ4n) is 4.10. The predicted molar refractivity (Wildman–Crippen MR) is 128 cm³/mol. The van der Waals surface area contributed by atoms with E-state index in [9.17, 15) is 4.79 Å². The van der Waals surface area contributed by atoms with Crippen molar-refractivity contribution >= 4 is 11.6 Å². The van der Waals surface area contributed by atoms with Crippen LogP contribution < -0.4 is 4.74 Å². The average molecular weight is 428 g/mol. The molecule has 32 heavy (non-hydrogen) atoms. The van der Waals surface area contributed by atoms with Crippen molar-refractivity contribution < 1.29 is 9.53 Å². The van der Waals surface area contributed by atoms with Gasteiger partial charge in [-0.3, -0.25) is 9.69 Å². The molecule has 1 amide bonds. The fraction of sp³-hybridized carbons (Fsp3) is 0.259. The van der Waals surface area contributed by atoms with E-state index in [2.05, 4.69) is 37.3 Å². The third-order valence-corrected chi connectivity index (χ3v) is 5.70. The Morgan fingerprint density at radius 1 is 1.06 bits per heavy atom. The molecule has 1 heterocycles. The average Bonchev–Trinajstić information content (AvgIpc) is 3.25. The van der Waals surface area contributed by atoms with Crippen LogP contribution in [-0.4, -0.2) is 42.2 Å². The largest absolute Gasteiger partial charge is 0.497 e. The predicted octanol–water partition coefficient (Wildman–Crippen LogP) is 4.81. The first-order valence-electron chi connectivity index (χ1n) is 10.9. The van der Waals surface area contributed by atoms with Gasteiger partial charge in [0, 0.05) is 13.0 Å². The molecule has 164 valence electrons. The molecule has 5 heteroatoms. The summed E-state index contributed by atoms with van der Waals surface area (Å²) in [5, 5.41) is 6.47. The second-order valence-electron chi connectivity index (χ2n) is 8.31. The van der Waals surface area contributed by atoms with Crippen molar-refractivity contribution in [2.75, 3.05) is 20.7 Å². The Labute approximate surface area is 189 Å². The van der Waals surface area contributed by atoms with Gasteiger partial charge in [-0.25, -0.2) is 5.01 Å². The van der Waals surface area contributed by atoms with Crippen LogP contribution in [0.1, 0.15) is 34.7 Å². The summed E-state index contributed by atoms with van der Waals surface area (Å²) in [5.41, 5.74) is 5.37. The highest BCUT2D eigenvalue weighted by molar-refractivity contribution is 6.03. The molecule has 3 aromatic carbocycles. The summed E-state index contributed by atoms with van der Waals surface area (Å²) < 4.78 is 5.42. The Balaban J connectivity index is 1.58. The summed E-state index contributed by atoms with van der Waals surface area (Å²) in [4.78, 5) is 15.4. The Morgan fingerprint density at radius 2 is 1.84 bits per heavy atom. The molecule has 0 saturated heterocycles. The van der Waals surface area contributed by atoms with Gasteiger partial charge in [-0.2, -0.15) is 5.10 Å². The van der Waals surface area contributed by atoms with E-state index in [-0.39, 0.29) is 11.9 Å². The summed E-state index contributed by atoms with van der Waals surface area (Å²) in [6.45, 7) is 3.07. The molecule has 1 atom stereocenters. The molecule has 3 aromatic rings. The fourth-order valence-corrected chi connectivity index (χ4v) is 4.10. The highest BCUT2D eigenvalue weighted by Gasteiger charge is 2.33. The lowest BCUT2D eigenvalue weighted by atomic mass is 9.97. The van der Waals surface area contributed by atoms with E-state index in [1.54, 1.807) is 12.1 Å². The second-order valence-corrected chi connectivity index (χ2v) is 8.31. The Kier molecular flexibility index (Phi) is 6.66. The smallest absolute Gasteiger partial charge is 0.257 e. The number of carbonyl (C=O) groups is 1. The number of rotatable bonds is 7. The first kappa shape index (κ1) is 21.8. The van der Waals surface area contributed by atoms with E-state index in [1.807, 2.05) is 60.5 Å². The van der Waals surface area contributed by atoms with Crippen molar-refractivity contribution in [1.29, 1.82) is 0 Å². The Hall–Kier alpha value is -3.44. The zero-order chi connectivity index (χ0) is 22.5. The van der Waals surface area contributed by atoms with E-state index >= 15 is 0 Å². The van der Waals surface area contributed by atoms with Gasteiger partial charge in [-0.15, -0.1) is 0 Å². The number of amides is 1. The monoisotopic (exact) mass is 427 g/mol. The number of ether oxygens (including phenoxy) is 1. The molecule has 0 spiro atoms. The molecule has 1 aliphatic heterocycles. The maximum atomic E-state index is 13.4. The van der Waals surface area contributed by atoms with Crippen LogP contribution in [0.4, 0.5) is 0 Å². The van der Waals surface area contributed by atoms with Gasteiger partial charge in [0.15, 0.2) is 0 Å². The van der Waals surface area contributed by atoms with Crippen LogP contribution in [0, 0.1) is 6.92 Å². The Morgan fingerprint density at radius 3 is 2.59 bits per heavy atom. The third kappa shape index (κ3) is 5.06. The number of hydrazone groups is 1. The molecule has 0 fully saturated rings. The number of benzene rings is 3. The maximum absolute atomic E-state index is 13.4. The summed E-state index contributed by atoms with van der Waals surface area (Å²) >= 11 is 0. The van der Waals surface area contributed by atoms with Crippen LogP contribution >= 0.6 is 0 Å². The molecule has 0 N–H and O–H groups in total. The van der Waals surface area contributed by atoms with Gasteiger partial charge in [0.1, 0.15) is 5.75 Å². The van der Waals surface area contributed by atoms with Crippen LogP contribution in [0.5, 0.6) is 5.75 Å². The SMILES string of the molecule is COc1cccc([C@H]2CC(c3cccc(C)c3)=NN2C(=O)CN(C)Cc2ccccc2)c1. The molecule has 0 saturated carbocycles. The van der Waals surface area contributed by atoms with Gasteiger partial charge < -0.3 is 4.74 Å². The zero-order valence-corrected chi connectivity index (χ0v) is 18.9. The van der Waals surface area contributed by atoms with E-state index in [4.69, 9.17) is 9.84 Å². The molecule has 0 aromatic heterocycles. The van der Waals surface area contributed by atoms with E-state index in [0.717, 1.165) is 22.6 Å². The van der Waals surface area contributed by atoms with Gasteiger partial charge in [0.05, 0.1) is 25.4 Å². The lowest BCUT2D eigenvalue weighted by Crippen LogP contribution is -2.36. The zero-order valence-electron chi connectivity index (χ0n) is 18.9. The van der Waals surface area contributed by atoms with E-state index in [0.29, 0.717) is 19.5 Å². The molecule has 0 bridgehead atoms. The van der Waals surface area contributed by atoms with Crippen molar-refractivity contribution in [2.24, 2.45) is 5.10 Å². The van der Waals surface area contributed by atoms with Crippen molar-refractivity contribution in [2.45, 2.75) is 25.9 Å². The highest BCUT2D eigenvalue weighted by atomic mass is 16.5. The molecule has 4 rings (SSSR count). The lowest BCUT2D eigenvalue weighted by molar-refractivity contribution is -0.134. The van der Waals surface area contributed by atoms with Crippen LogP contribution in [0.25, 0.3) is 0 Å². The number of carbonyl (C=O) groups excluding carboxylic acids is 1. The first-order chi connectivity index (χ1) is 15.5. The molecular weight excluding hydrogens is 398 g/mol. The minimum Gasteiger partial charge on any atom is -0.497 e. The standard InChI is InChI=1S/C27H29N3O2/c1-20-9-7-12-22(15-20)25-17-26(23-13-8-14-24(16-23)32-3)30(28-25)27(31)19-29(2)18-21-10-5-4-6-11-21/h4-16,26H,17-19H2,1-3H3/t26-/m1/s1. The molecule has 5 nitrogen and oxygen atoms in total. The molecular formula is C27H29N3O2. The maximum Gasteiger partial charge on any atom is 0.257 e. The quantitative estimate of drug-likeness (QED) is 0.543. The molecule has 0 aliphatic carbocycles. The summed E-state index contributed by atoms with van der Waals surface area (Å²) in [7, 11) is 3.62. The normalized spacial score (nSPS) is 15.7. The Bertz CT molecular complexity index is 1110. The van der Waals surface area contributed by atoms with Crippen molar-refractivity contribution in [3.63, 3.8) is 0 Å². The molecule has 0 radical (unpaired) electrons. The number of aryl methyl sites for hydroxylation is 1. The summed E-state index contributed by atoms with van der Waals surface area (Å²) in [6, 6.07) is 26.2. The minimum atomic E-state index is -0.154. The number of hydrogen-bond donors (Lipinski definition) is 0. The van der Waals surface area contributed by atoms with Crippen LogP contribution in [-0.2, 0) is 11.3 Å². The van der Waals surface area contributed by atoms with Crippen molar-refractivity contribution in [1.82, 2.24) is 9.91 Å². The first-order valence-corrected chi connectivity index (χ1v) is 10.9. The van der Waals surface area contributed by atoms with Crippen LogP contribution in [0.15, 0.2) is 84.0 Å². The summed E-state index contributed by atoms with van der Waals surface area (Å²) in [6.07, 6.45) is 0.671. The molecule has 1 aliphatic rings. The van der Waals surface area contributed by atoms with Crippen LogP contribution in [0.3, 0.4) is 0 Å². The van der Waals surface area contributed by atoms with Crippen molar-refractivity contribution in [3.8, 4) is 5.75 Å². The number of methoxy groups -OCH3 is 1. The minimum absolute atomic E-state index is 0.0149. The van der Waals surface area contributed by atoms with Crippen LogP contribution in [0.2, 0.25) is 0 Å². The summed E-state index contributed by atoms with van der Waals surface area (Å²) in [5.74, 6) is 0.763. The van der Waals surface area contributed by atoms with Gasteiger partial charge >= 0.3 is 0 Å². The van der Waals surface area contributed by atoms with Crippen molar-refractivity contribution in [3.05, 3.63) is 101 Å². The third-order valence-electron chi connectivity index (χ3n) is 5.70. The van der Waals surface area contributed by atoms with E-state index < -0.39 is 0 Å². The van der Waals surface area contributed by atoms with Gasteiger partial charge in [-0.1, -0.05) is 72.3 Å². The van der Waals surface area contributed by atoms with Gasteiger partial charge in [0.2, 0.25) is 0 Å². The van der Waals surface area contributed by atoms with Gasteiger partial charge in [0.25, 0.3) is 5.91 Å². The second kappa shape index (κ2) is 9.79. The van der Waals surface area contributed by atoms with Gasteiger partial charge in [-0.05, 0) is 42.8 Å².